The largest absolute Gasteiger partial charge is 0.497 e. The van der Waals surface area contributed by atoms with Crippen LogP contribution in [0.3, 0.4) is 0 Å². The van der Waals surface area contributed by atoms with Crippen LogP contribution in [-0.4, -0.2) is 56.9 Å². The first-order valence-corrected chi connectivity index (χ1v) is 11.2. The summed E-state index contributed by atoms with van der Waals surface area (Å²) in [6, 6.07) is 6.10. The van der Waals surface area contributed by atoms with Crippen LogP contribution in [0, 0.1) is 5.41 Å². The summed E-state index contributed by atoms with van der Waals surface area (Å²) in [6.07, 6.45) is 7.47. The Kier molecular flexibility index (Phi) is 6.48. The van der Waals surface area contributed by atoms with Crippen LogP contribution in [0.5, 0.6) is 11.5 Å². The molecule has 3 fully saturated rings. The van der Waals surface area contributed by atoms with Crippen molar-refractivity contribution in [2.24, 2.45) is 10.4 Å². The van der Waals surface area contributed by atoms with Gasteiger partial charge in [-0.25, -0.2) is 4.99 Å². The summed E-state index contributed by atoms with van der Waals surface area (Å²) in [4.78, 5) is 7.38. The van der Waals surface area contributed by atoms with Crippen LogP contribution < -0.4 is 14.8 Å². The minimum atomic E-state index is 0.318. The first-order chi connectivity index (χ1) is 14.2. The van der Waals surface area contributed by atoms with E-state index in [-0.39, 0.29) is 0 Å². The number of benzene rings is 1. The lowest BCUT2D eigenvalue weighted by molar-refractivity contribution is 0.156. The molecule has 1 N–H and O–H groups in total. The zero-order valence-electron chi connectivity index (χ0n) is 17.9. The molecule has 1 spiro atoms. The molecule has 6 nitrogen and oxygen atoms in total. The SMILES string of the molecule is CCNC(=NCc1ccc(OC)cc1OC1CCCC1)N1CCC2(CCOC2)C1. The number of aliphatic imine (C=N–C) groups is 1. The zero-order valence-corrected chi connectivity index (χ0v) is 17.9. The van der Waals surface area contributed by atoms with Gasteiger partial charge in [-0.05, 0) is 57.6 Å². The third kappa shape index (κ3) is 4.80. The van der Waals surface area contributed by atoms with Gasteiger partial charge in [-0.15, -0.1) is 0 Å². The van der Waals surface area contributed by atoms with Gasteiger partial charge >= 0.3 is 0 Å². The molecule has 6 heteroatoms. The topological polar surface area (TPSA) is 55.3 Å². The molecule has 1 aliphatic carbocycles. The van der Waals surface area contributed by atoms with Gasteiger partial charge < -0.3 is 24.4 Å². The third-order valence-electron chi connectivity index (χ3n) is 6.53. The van der Waals surface area contributed by atoms with Crippen molar-refractivity contribution in [2.75, 3.05) is 40.0 Å². The molecule has 0 radical (unpaired) electrons. The second-order valence-corrected chi connectivity index (χ2v) is 8.64. The molecule has 3 aliphatic rings. The molecule has 2 saturated heterocycles. The molecule has 29 heavy (non-hydrogen) atoms. The highest BCUT2D eigenvalue weighted by atomic mass is 16.5. The summed E-state index contributed by atoms with van der Waals surface area (Å²) in [5.41, 5.74) is 1.44. The van der Waals surface area contributed by atoms with Gasteiger partial charge in [-0.1, -0.05) is 0 Å². The van der Waals surface area contributed by atoms with E-state index >= 15 is 0 Å². The number of likely N-dealkylation sites (tertiary alicyclic amines) is 1. The Bertz CT molecular complexity index is 709. The smallest absolute Gasteiger partial charge is 0.194 e. The predicted molar refractivity (Wildman–Crippen MR) is 115 cm³/mol. The first-order valence-electron chi connectivity index (χ1n) is 11.2. The molecule has 1 unspecified atom stereocenters. The molecule has 1 saturated carbocycles. The maximum Gasteiger partial charge on any atom is 0.194 e. The summed E-state index contributed by atoms with van der Waals surface area (Å²) in [5.74, 6) is 2.75. The number of ether oxygens (including phenoxy) is 3. The Balaban J connectivity index is 1.49. The summed E-state index contributed by atoms with van der Waals surface area (Å²) >= 11 is 0. The van der Waals surface area contributed by atoms with E-state index in [1.54, 1.807) is 7.11 Å². The fraction of sp³-hybridized carbons (Fsp3) is 0.696. The average molecular weight is 402 g/mol. The van der Waals surface area contributed by atoms with Crippen molar-refractivity contribution >= 4 is 5.96 Å². The highest BCUT2D eigenvalue weighted by Crippen LogP contribution is 2.38. The lowest BCUT2D eigenvalue weighted by Crippen LogP contribution is -2.41. The van der Waals surface area contributed by atoms with Gasteiger partial charge in [0.1, 0.15) is 11.5 Å². The average Bonchev–Trinajstić information content (AvgIpc) is 3.50. The van der Waals surface area contributed by atoms with Crippen LogP contribution in [0.2, 0.25) is 0 Å². The maximum atomic E-state index is 6.34. The van der Waals surface area contributed by atoms with Crippen molar-refractivity contribution in [3.63, 3.8) is 0 Å². The van der Waals surface area contributed by atoms with Gasteiger partial charge in [0.05, 0.1) is 26.4 Å². The van der Waals surface area contributed by atoms with E-state index in [0.29, 0.717) is 18.1 Å². The van der Waals surface area contributed by atoms with E-state index in [9.17, 15) is 0 Å². The molecule has 0 aromatic heterocycles. The van der Waals surface area contributed by atoms with E-state index in [1.807, 2.05) is 12.1 Å². The molecule has 1 atom stereocenters. The normalized spacial score (nSPS) is 25.2. The van der Waals surface area contributed by atoms with Crippen LogP contribution in [0.15, 0.2) is 23.2 Å². The van der Waals surface area contributed by atoms with E-state index in [2.05, 4.69) is 23.2 Å². The van der Waals surface area contributed by atoms with Crippen molar-refractivity contribution in [1.82, 2.24) is 10.2 Å². The third-order valence-corrected chi connectivity index (χ3v) is 6.53. The second-order valence-electron chi connectivity index (χ2n) is 8.64. The summed E-state index contributed by atoms with van der Waals surface area (Å²) in [6.45, 7) is 7.47. The van der Waals surface area contributed by atoms with Crippen LogP contribution >= 0.6 is 0 Å². The lowest BCUT2D eigenvalue weighted by atomic mass is 9.87. The summed E-state index contributed by atoms with van der Waals surface area (Å²) < 4.78 is 17.5. The van der Waals surface area contributed by atoms with Crippen molar-refractivity contribution in [2.45, 2.75) is 58.1 Å². The number of guanidine groups is 1. The highest BCUT2D eigenvalue weighted by Gasteiger charge is 2.42. The van der Waals surface area contributed by atoms with Crippen molar-refractivity contribution in [3.05, 3.63) is 23.8 Å². The molecule has 0 amide bonds. The number of methoxy groups -OCH3 is 1. The van der Waals surface area contributed by atoms with E-state index in [4.69, 9.17) is 19.2 Å². The van der Waals surface area contributed by atoms with Gasteiger partial charge in [0, 0.05) is 43.3 Å². The number of nitrogens with one attached hydrogen (secondary N) is 1. The van der Waals surface area contributed by atoms with Crippen LogP contribution in [0.1, 0.15) is 51.0 Å². The maximum absolute atomic E-state index is 6.34. The van der Waals surface area contributed by atoms with E-state index in [0.717, 1.165) is 68.7 Å². The minimum Gasteiger partial charge on any atom is -0.497 e. The van der Waals surface area contributed by atoms with Gasteiger partial charge in [0.2, 0.25) is 0 Å². The van der Waals surface area contributed by atoms with Crippen LogP contribution in [0.4, 0.5) is 0 Å². The molecule has 1 aromatic carbocycles. The molecular weight excluding hydrogens is 366 g/mol. The molecule has 0 bridgehead atoms. The van der Waals surface area contributed by atoms with Crippen LogP contribution in [0.25, 0.3) is 0 Å². The Morgan fingerprint density at radius 1 is 1.31 bits per heavy atom. The monoisotopic (exact) mass is 401 g/mol. The Morgan fingerprint density at radius 3 is 2.90 bits per heavy atom. The molecule has 160 valence electrons. The minimum absolute atomic E-state index is 0.318. The van der Waals surface area contributed by atoms with Crippen molar-refractivity contribution < 1.29 is 14.2 Å². The lowest BCUT2D eigenvalue weighted by Gasteiger charge is -2.25. The number of rotatable bonds is 6. The summed E-state index contributed by atoms with van der Waals surface area (Å²) in [5, 5.41) is 3.49. The van der Waals surface area contributed by atoms with Gasteiger partial charge in [-0.3, -0.25) is 0 Å². The molecule has 2 heterocycles. The molecular formula is C23H35N3O3. The first kappa shape index (κ1) is 20.3. The number of hydrogen-bond donors (Lipinski definition) is 1. The zero-order chi connectivity index (χ0) is 20.1. The Hall–Kier alpha value is -1.95. The molecule has 1 aromatic rings. The fourth-order valence-corrected chi connectivity index (χ4v) is 4.76. The van der Waals surface area contributed by atoms with E-state index in [1.165, 1.54) is 25.7 Å². The van der Waals surface area contributed by atoms with Crippen molar-refractivity contribution in [1.29, 1.82) is 0 Å². The standard InChI is InChI=1S/C23H35N3O3/c1-3-24-22(26-12-10-23(16-26)11-13-28-17-23)25-15-18-8-9-20(27-2)14-21(18)29-19-6-4-5-7-19/h8-9,14,19H,3-7,10-13,15-17H2,1-2H3,(H,24,25). The van der Waals surface area contributed by atoms with Crippen molar-refractivity contribution in [3.8, 4) is 11.5 Å². The predicted octanol–water partition coefficient (Wildman–Crippen LogP) is 3.59. The Morgan fingerprint density at radius 2 is 2.17 bits per heavy atom. The fourth-order valence-electron chi connectivity index (χ4n) is 4.76. The highest BCUT2D eigenvalue weighted by molar-refractivity contribution is 5.80. The number of nitrogens with zero attached hydrogens (tertiary/aromatic N) is 2. The molecule has 2 aliphatic heterocycles. The quantitative estimate of drug-likeness (QED) is 0.583. The van der Waals surface area contributed by atoms with Gasteiger partial charge in [-0.2, -0.15) is 0 Å². The Labute approximate surface area is 174 Å². The van der Waals surface area contributed by atoms with Crippen LogP contribution in [-0.2, 0) is 11.3 Å². The van der Waals surface area contributed by atoms with Gasteiger partial charge in [0.15, 0.2) is 5.96 Å². The second kappa shape index (κ2) is 9.24. The van der Waals surface area contributed by atoms with Gasteiger partial charge in [0.25, 0.3) is 0 Å². The number of hydrogen-bond acceptors (Lipinski definition) is 4. The molecule has 4 rings (SSSR count). The van der Waals surface area contributed by atoms with E-state index < -0.39 is 0 Å². The summed E-state index contributed by atoms with van der Waals surface area (Å²) in [7, 11) is 1.70.